The molecule has 3 aromatic heterocycles. The number of nitrogens with zero attached hydrogens (tertiary/aromatic N) is 5. The second-order valence-electron chi connectivity index (χ2n) is 18.2. The Morgan fingerprint density at radius 1 is 0.463 bits per heavy atom. The highest BCUT2D eigenvalue weighted by atomic mass is 15.2. The van der Waals surface area contributed by atoms with Crippen molar-refractivity contribution in [3.05, 3.63) is 224 Å². The number of rotatable bonds is 5. The molecular weight excluding hydrogens is 815 g/mol. The van der Waals surface area contributed by atoms with Gasteiger partial charge in [-0.1, -0.05) is 177 Å². The summed E-state index contributed by atoms with van der Waals surface area (Å²) in [5.74, 6) is 1.18. The van der Waals surface area contributed by atoms with E-state index in [2.05, 4.69) is 228 Å². The van der Waals surface area contributed by atoms with Crippen molar-refractivity contribution in [3.8, 4) is 39.6 Å². The molecule has 0 bridgehead atoms. The summed E-state index contributed by atoms with van der Waals surface area (Å²) >= 11 is 0. The largest absolute Gasteiger partial charge is 0.309 e. The summed E-state index contributed by atoms with van der Waals surface area (Å²) < 4.78 is 4.82. The molecule has 0 aliphatic heterocycles. The second kappa shape index (κ2) is 14.4. The van der Waals surface area contributed by atoms with Crippen LogP contribution in [0.25, 0.3) is 121 Å². The zero-order valence-corrected chi connectivity index (χ0v) is 36.7. The summed E-state index contributed by atoms with van der Waals surface area (Å²) in [7, 11) is 0. The lowest BCUT2D eigenvalue weighted by Gasteiger charge is -2.32. The van der Waals surface area contributed by atoms with E-state index in [0.717, 1.165) is 56.0 Å². The van der Waals surface area contributed by atoms with Gasteiger partial charge in [-0.2, -0.15) is 4.98 Å². The van der Waals surface area contributed by atoms with E-state index in [9.17, 15) is 0 Å². The zero-order chi connectivity index (χ0) is 44.2. The van der Waals surface area contributed by atoms with Gasteiger partial charge in [0.25, 0.3) is 0 Å². The number of aromatic nitrogens is 5. The standard InChI is InChI=1S/C62H41N5/c1-62-33-17-16-22-44(62)31-32-45(37-62)66-52-29-14-12-27-50(52)55-57-54(46-23-8-10-25-48(46)58(55)66)47-24-9-11-26-49(47)59-56(57)51-28-13-15-30-53(51)67(59)61-64-38-63-60(65-61)43-35-41(39-18-4-2-5-19-39)34-42(36-43)40-20-6-3-7-21-40/h2-32,34-38H,33H2,1H3. The fourth-order valence-electron chi connectivity index (χ4n) is 11.3. The molecule has 2 aliphatic rings. The number of allylic oxidation sites excluding steroid dienone is 8. The predicted molar refractivity (Wildman–Crippen MR) is 279 cm³/mol. The average molecular weight is 856 g/mol. The smallest absolute Gasteiger partial charge is 0.238 e. The van der Waals surface area contributed by atoms with Crippen molar-refractivity contribution in [2.24, 2.45) is 5.41 Å². The van der Waals surface area contributed by atoms with Gasteiger partial charge in [0.05, 0.1) is 22.1 Å². The lowest BCUT2D eigenvalue weighted by atomic mass is 9.73. The maximum Gasteiger partial charge on any atom is 0.238 e. The summed E-state index contributed by atoms with van der Waals surface area (Å²) in [6.45, 7) is 2.37. The Hall–Kier alpha value is -8.67. The highest BCUT2D eigenvalue weighted by Gasteiger charge is 2.31. The van der Waals surface area contributed by atoms with Crippen molar-refractivity contribution in [3.63, 3.8) is 0 Å². The molecule has 67 heavy (non-hydrogen) atoms. The van der Waals surface area contributed by atoms with Crippen LogP contribution in [0.5, 0.6) is 0 Å². The predicted octanol–water partition coefficient (Wildman–Crippen LogP) is 15.8. The molecule has 9 aromatic carbocycles. The molecule has 5 nitrogen and oxygen atoms in total. The molecule has 12 aromatic rings. The summed E-state index contributed by atoms with van der Waals surface area (Å²) in [5.41, 5.74) is 12.3. The highest BCUT2D eigenvalue weighted by molar-refractivity contribution is 6.45. The molecule has 0 radical (unpaired) electrons. The molecule has 314 valence electrons. The molecule has 2 aliphatic carbocycles. The van der Waals surface area contributed by atoms with E-state index in [0.29, 0.717) is 11.8 Å². The van der Waals surface area contributed by atoms with Crippen LogP contribution in [0.4, 0.5) is 0 Å². The third-order valence-corrected chi connectivity index (χ3v) is 14.3. The maximum atomic E-state index is 5.42. The van der Waals surface area contributed by atoms with E-state index in [4.69, 9.17) is 15.0 Å². The number of benzene rings is 9. The van der Waals surface area contributed by atoms with Gasteiger partial charge in [-0.15, -0.1) is 0 Å². The van der Waals surface area contributed by atoms with Crippen LogP contribution in [-0.2, 0) is 0 Å². The highest BCUT2D eigenvalue weighted by Crippen LogP contribution is 2.51. The van der Waals surface area contributed by atoms with Crippen molar-refractivity contribution in [1.29, 1.82) is 0 Å². The van der Waals surface area contributed by atoms with Gasteiger partial charge in [-0.05, 0) is 92.9 Å². The first-order valence-electron chi connectivity index (χ1n) is 23.1. The van der Waals surface area contributed by atoms with E-state index in [1.165, 1.54) is 65.4 Å². The molecule has 14 rings (SSSR count). The van der Waals surface area contributed by atoms with Crippen molar-refractivity contribution < 1.29 is 0 Å². The Labute approximate surface area is 386 Å². The molecule has 1 atom stereocenters. The lowest BCUT2D eigenvalue weighted by Crippen LogP contribution is -2.20. The van der Waals surface area contributed by atoms with Gasteiger partial charge in [0, 0.05) is 54.4 Å². The van der Waals surface area contributed by atoms with Crippen LogP contribution in [0.2, 0.25) is 0 Å². The number of fused-ring (bicyclic) bond motifs is 16. The molecule has 0 amide bonds. The Balaban J connectivity index is 1.11. The minimum Gasteiger partial charge on any atom is -0.309 e. The van der Waals surface area contributed by atoms with Gasteiger partial charge < -0.3 is 4.57 Å². The lowest BCUT2D eigenvalue weighted by molar-refractivity contribution is 0.526. The van der Waals surface area contributed by atoms with E-state index >= 15 is 0 Å². The van der Waals surface area contributed by atoms with Crippen LogP contribution in [0.3, 0.4) is 0 Å². The van der Waals surface area contributed by atoms with E-state index in [1.807, 2.05) is 0 Å². The zero-order valence-electron chi connectivity index (χ0n) is 36.7. The first-order valence-corrected chi connectivity index (χ1v) is 23.1. The average Bonchev–Trinajstić information content (AvgIpc) is 3.93. The molecule has 3 heterocycles. The van der Waals surface area contributed by atoms with Crippen molar-refractivity contribution >= 4 is 81.6 Å². The summed E-state index contributed by atoms with van der Waals surface area (Å²) in [5, 5.41) is 12.1. The van der Waals surface area contributed by atoms with Gasteiger partial charge in [-0.25, -0.2) is 9.97 Å². The Morgan fingerprint density at radius 3 is 1.61 bits per heavy atom. The number of hydrogen-bond donors (Lipinski definition) is 0. The van der Waals surface area contributed by atoms with Crippen LogP contribution in [0, 0.1) is 5.41 Å². The molecule has 0 saturated carbocycles. The second-order valence-corrected chi connectivity index (χ2v) is 18.2. The molecule has 1 unspecified atom stereocenters. The first kappa shape index (κ1) is 37.7. The number of para-hydroxylation sites is 2. The van der Waals surface area contributed by atoms with Gasteiger partial charge >= 0.3 is 0 Å². The van der Waals surface area contributed by atoms with Gasteiger partial charge in [-0.3, -0.25) is 4.57 Å². The van der Waals surface area contributed by atoms with E-state index < -0.39 is 0 Å². The maximum absolute atomic E-state index is 5.42. The third-order valence-electron chi connectivity index (χ3n) is 14.3. The Morgan fingerprint density at radius 2 is 0.985 bits per heavy atom. The third kappa shape index (κ3) is 5.58. The van der Waals surface area contributed by atoms with Crippen molar-refractivity contribution in [2.75, 3.05) is 0 Å². The molecule has 5 heteroatoms. The molecule has 0 saturated heterocycles. The SMILES string of the molecule is CC12C=C(n3c4ccccc4c4c5c(c6ccccc6c43)c3ccccc3c3c5c4ccccc4n3-c3ncnc(-c4cc(-c5ccccc5)cc(-c5ccccc5)c4)n3)C=CC1=CC=CC2. The quantitative estimate of drug-likeness (QED) is 0.162. The molecule has 0 fully saturated rings. The van der Waals surface area contributed by atoms with Crippen LogP contribution in [0.1, 0.15) is 13.3 Å². The van der Waals surface area contributed by atoms with E-state index in [1.54, 1.807) is 6.33 Å². The van der Waals surface area contributed by atoms with Gasteiger partial charge in [0.2, 0.25) is 5.95 Å². The molecular formula is C62H41N5. The summed E-state index contributed by atoms with van der Waals surface area (Å²) in [6, 6.07) is 63.4. The minimum atomic E-state index is -0.102. The van der Waals surface area contributed by atoms with E-state index in [-0.39, 0.29) is 5.41 Å². The fourth-order valence-corrected chi connectivity index (χ4v) is 11.3. The van der Waals surface area contributed by atoms with Crippen LogP contribution in [0.15, 0.2) is 224 Å². The summed E-state index contributed by atoms with van der Waals surface area (Å²) in [4.78, 5) is 15.3. The van der Waals surface area contributed by atoms with Crippen LogP contribution < -0.4 is 0 Å². The van der Waals surface area contributed by atoms with Crippen LogP contribution >= 0.6 is 0 Å². The minimum absolute atomic E-state index is 0.102. The van der Waals surface area contributed by atoms with Crippen LogP contribution in [-0.4, -0.2) is 24.1 Å². The molecule has 0 spiro atoms. The monoisotopic (exact) mass is 855 g/mol. The topological polar surface area (TPSA) is 48.5 Å². The van der Waals surface area contributed by atoms with Crippen molar-refractivity contribution in [2.45, 2.75) is 13.3 Å². The van der Waals surface area contributed by atoms with Crippen molar-refractivity contribution in [1.82, 2.24) is 24.1 Å². The Kier molecular flexibility index (Phi) is 8.11. The Bertz CT molecular complexity index is 4130. The van der Waals surface area contributed by atoms with Gasteiger partial charge in [0.15, 0.2) is 5.82 Å². The number of hydrogen-bond acceptors (Lipinski definition) is 3. The molecule has 0 N–H and O–H groups in total. The first-order chi connectivity index (χ1) is 33.1. The summed E-state index contributed by atoms with van der Waals surface area (Å²) in [6.07, 6.45) is 16.5. The van der Waals surface area contributed by atoms with Gasteiger partial charge in [0.1, 0.15) is 6.33 Å². The fraction of sp³-hybridized carbons (Fsp3) is 0.0484. The normalized spacial score (nSPS) is 15.9.